The van der Waals surface area contributed by atoms with Crippen molar-refractivity contribution in [3.05, 3.63) is 59.7 Å². The van der Waals surface area contributed by atoms with E-state index in [1.54, 1.807) is 0 Å². The Balaban J connectivity index is 2.18. The van der Waals surface area contributed by atoms with Crippen molar-refractivity contribution in [1.29, 1.82) is 0 Å². The van der Waals surface area contributed by atoms with Crippen molar-refractivity contribution in [1.82, 2.24) is 15.4 Å². The Morgan fingerprint density at radius 3 is 2.58 bits per heavy atom. The Kier molecular flexibility index (Phi) is 3.94. The molecule has 0 fully saturated rings. The molecule has 19 heavy (non-hydrogen) atoms. The molecule has 0 bridgehead atoms. The molecule has 0 aliphatic heterocycles. The summed E-state index contributed by atoms with van der Waals surface area (Å²) in [6.45, 7) is 0. The zero-order valence-corrected chi connectivity index (χ0v) is 10.0. The molecule has 2 aromatic rings. The van der Waals surface area contributed by atoms with Crippen LogP contribution in [-0.4, -0.2) is 21.7 Å². The summed E-state index contributed by atoms with van der Waals surface area (Å²) >= 11 is 0. The first kappa shape index (κ1) is 12.8. The number of hydrogen-bond acceptors (Lipinski definition) is 5. The maximum atomic E-state index is 12.0. The molecule has 0 saturated carbocycles. The van der Waals surface area contributed by atoms with Crippen LogP contribution in [0.25, 0.3) is 0 Å². The van der Waals surface area contributed by atoms with Gasteiger partial charge in [-0.15, -0.1) is 0 Å². The summed E-state index contributed by atoms with van der Waals surface area (Å²) in [5.74, 6) is 4.20. The molecule has 0 unspecified atom stereocenters. The fourth-order valence-corrected chi connectivity index (χ4v) is 1.55. The van der Waals surface area contributed by atoms with Crippen molar-refractivity contribution in [2.75, 3.05) is 0 Å². The molecule has 6 heteroatoms. The van der Waals surface area contributed by atoms with E-state index in [0.717, 1.165) is 5.56 Å². The molecule has 0 saturated heterocycles. The summed E-state index contributed by atoms with van der Waals surface area (Å²) in [6.07, 6.45) is 1.55. The number of ketones is 1. The van der Waals surface area contributed by atoms with Gasteiger partial charge in [0.25, 0.3) is 5.91 Å². The van der Waals surface area contributed by atoms with Crippen LogP contribution in [0.3, 0.4) is 0 Å². The van der Waals surface area contributed by atoms with Crippen LogP contribution in [0.2, 0.25) is 0 Å². The zero-order chi connectivity index (χ0) is 13.7. The zero-order valence-electron chi connectivity index (χ0n) is 10.0. The molecule has 0 aliphatic carbocycles. The molecule has 0 aliphatic rings. The number of nitrogen functional groups attached to an aromatic ring is 1. The van der Waals surface area contributed by atoms with Gasteiger partial charge in [0.2, 0.25) is 5.78 Å². The van der Waals surface area contributed by atoms with Crippen LogP contribution >= 0.6 is 0 Å². The highest BCUT2D eigenvalue weighted by Gasteiger charge is 2.13. The molecular formula is C13H12N4O2. The van der Waals surface area contributed by atoms with Gasteiger partial charge in [0.05, 0.1) is 0 Å². The van der Waals surface area contributed by atoms with Crippen molar-refractivity contribution in [3.8, 4) is 0 Å². The SMILES string of the molecule is NNC(=O)c1ccnc(C(=O)Cc2ccccc2)n1. The molecule has 3 N–H and O–H groups in total. The van der Waals surface area contributed by atoms with Gasteiger partial charge in [-0.25, -0.2) is 15.8 Å². The molecule has 1 amide bonds. The van der Waals surface area contributed by atoms with Gasteiger partial charge in [-0.2, -0.15) is 0 Å². The summed E-state index contributed by atoms with van der Waals surface area (Å²) in [7, 11) is 0. The Bertz CT molecular complexity index is 599. The molecule has 0 atom stereocenters. The van der Waals surface area contributed by atoms with Crippen molar-refractivity contribution in [2.45, 2.75) is 6.42 Å². The minimum Gasteiger partial charge on any atom is -0.290 e. The van der Waals surface area contributed by atoms with E-state index in [9.17, 15) is 9.59 Å². The average molecular weight is 256 g/mol. The van der Waals surface area contributed by atoms with Crippen LogP contribution in [0.4, 0.5) is 0 Å². The number of Topliss-reactive ketones (excluding diaryl/α,β-unsaturated/α-hetero) is 1. The van der Waals surface area contributed by atoms with Crippen molar-refractivity contribution >= 4 is 11.7 Å². The van der Waals surface area contributed by atoms with E-state index in [1.807, 2.05) is 35.8 Å². The first-order valence-electron chi connectivity index (χ1n) is 5.62. The average Bonchev–Trinajstić information content (AvgIpc) is 2.47. The van der Waals surface area contributed by atoms with E-state index >= 15 is 0 Å². The number of carbonyl (C=O) groups excluding carboxylic acids is 2. The lowest BCUT2D eigenvalue weighted by atomic mass is 10.1. The van der Waals surface area contributed by atoms with Gasteiger partial charge in [-0.05, 0) is 11.6 Å². The summed E-state index contributed by atoms with van der Waals surface area (Å²) < 4.78 is 0. The molecular weight excluding hydrogens is 244 g/mol. The third-order valence-corrected chi connectivity index (χ3v) is 2.48. The topological polar surface area (TPSA) is 98.0 Å². The second-order valence-corrected chi connectivity index (χ2v) is 3.82. The van der Waals surface area contributed by atoms with Crippen molar-refractivity contribution in [2.24, 2.45) is 5.84 Å². The van der Waals surface area contributed by atoms with E-state index < -0.39 is 5.91 Å². The number of nitrogens with zero attached hydrogens (tertiary/aromatic N) is 2. The van der Waals surface area contributed by atoms with Crippen LogP contribution in [0, 0.1) is 0 Å². The third-order valence-electron chi connectivity index (χ3n) is 2.48. The maximum absolute atomic E-state index is 12.0. The normalized spacial score (nSPS) is 9.95. The van der Waals surface area contributed by atoms with Crippen LogP contribution in [0.1, 0.15) is 26.7 Å². The lowest BCUT2D eigenvalue weighted by Gasteiger charge is -2.02. The fraction of sp³-hybridized carbons (Fsp3) is 0.0769. The molecule has 0 radical (unpaired) electrons. The third kappa shape index (κ3) is 3.20. The monoisotopic (exact) mass is 256 g/mol. The minimum absolute atomic E-state index is 0.00459. The second kappa shape index (κ2) is 5.83. The summed E-state index contributed by atoms with van der Waals surface area (Å²) in [5.41, 5.74) is 2.89. The molecule has 1 aromatic heterocycles. The summed E-state index contributed by atoms with van der Waals surface area (Å²) in [6, 6.07) is 10.6. The van der Waals surface area contributed by atoms with E-state index in [-0.39, 0.29) is 23.7 Å². The first-order chi connectivity index (χ1) is 9.20. The van der Waals surface area contributed by atoms with Gasteiger partial charge in [0.1, 0.15) is 5.69 Å². The molecule has 1 heterocycles. The number of nitrogens with one attached hydrogen (secondary N) is 1. The molecule has 2 rings (SSSR count). The summed E-state index contributed by atoms with van der Waals surface area (Å²) in [4.78, 5) is 31.1. The summed E-state index contributed by atoms with van der Waals surface area (Å²) in [5, 5.41) is 0. The van der Waals surface area contributed by atoms with E-state index in [1.165, 1.54) is 12.3 Å². The van der Waals surface area contributed by atoms with Gasteiger partial charge < -0.3 is 0 Å². The highest BCUT2D eigenvalue weighted by atomic mass is 16.2. The lowest BCUT2D eigenvalue weighted by Crippen LogP contribution is -2.31. The number of hydrogen-bond donors (Lipinski definition) is 2. The maximum Gasteiger partial charge on any atom is 0.283 e. The number of benzene rings is 1. The van der Waals surface area contributed by atoms with Crippen molar-refractivity contribution in [3.63, 3.8) is 0 Å². The second-order valence-electron chi connectivity index (χ2n) is 3.82. The van der Waals surface area contributed by atoms with Crippen LogP contribution < -0.4 is 11.3 Å². The Morgan fingerprint density at radius 1 is 1.16 bits per heavy atom. The van der Waals surface area contributed by atoms with Gasteiger partial charge in [-0.3, -0.25) is 15.0 Å². The van der Waals surface area contributed by atoms with E-state index in [4.69, 9.17) is 5.84 Å². The van der Waals surface area contributed by atoms with Crippen LogP contribution in [0.5, 0.6) is 0 Å². The Labute approximate surface area is 109 Å². The largest absolute Gasteiger partial charge is 0.290 e. The predicted molar refractivity (Wildman–Crippen MR) is 68.2 cm³/mol. The highest BCUT2D eigenvalue weighted by molar-refractivity contribution is 5.96. The van der Waals surface area contributed by atoms with Gasteiger partial charge in [0, 0.05) is 12.6 Å². The number of rotatable bonds is 4. The quantitative estimate of drug-likeness (QED) is 0.359. The molecule has 1 aromatic carbocycles. The first-order valence-corrected chi connectivity index (χ1v) is 5.62. The number of hydrazine groups is 1. The lowest BCUT2D eigenvalue weighted by molar-refractivity contribution is 0.0947. The number of carbonyl (C=O) groups is 2. The van der Waals surface area contributed by atoms with Gasteiger partial charge in [0.15, 0.2) is 5.82 Å². The van der Waals surface area contributed by atoms with Gasteiger partial charge >= 0.3 is 0 Å². The standard InChI is InChI=1S/C13H12N4O2/c14-17-13(19)10-6-7-15-12(16-10)11(18)8-9-4-2-1-3-5-9/h1-7H,8,14H2,(H,17,19). The number of amides is 1. The van der Waals surface area contributed by atoms with E-state index in [0.29, 0.717) is 0 Å². The van der Waals surface area contributed by atoms with Crippen molar-refractivity contribution < 1.29 is 9.59 Å². The number of nitrogens with two attached hydrogens (primary N) is 1. The molecule has 0 spiro atoms. The minimum atomic E-state index is -0.559. The Hall–Kier alpha value is -2.60. The van der Waals surface area contributed by atoms with Crippen LogP contribution in [0.15, 0.2) is 42.6 Å². The Morgan fingerprint density at radius 2 is 1.89 bits per heavy atom. The number of aromatic nitrogens is 2. The van der Waals surface area contributed by atoms with Crippen LogP contribution in [-0.2, 0) is 6.42 Å². The fourth-order valence-electron chi connectivity index (χ4n) is 1.55. The predicted octanol–water partition coefficient (Wildman–Crippen LogP) is 0.505. The van der Waals surface area contributed by atoms with E-state index in [2.05, 4.69) is 9.97 Å². The highest BCUT2D eigenvalue weighted by Crippen LogP contribution is 2.04. The van der Waals surface area contributed by atoms with Gasteiger partial charge in [-0.1, -0.05) is 30.3 Å². The smallest absolute Gasteiger partial charge is 0.283 e. The molecule has 6 nitrogen and oxygen atoms in total. The molecule has 96 valence electrons.